The van der Waals surface area contributed by atoms with Crippen molar-refractivity contribution in [3.05, 3.63) is 77.9 Å². The summed E-state index contributed by atoms with van der Waals surface area (Å²) in [6, 6.07) is 14.1. The number of urea groups is 1. The number of aromatic nitrogens is 2. The number of amides is 2. The molecule has 140 valence electrons. The fraction of sp³-hybridized carbons (Fsp3) is 0.200. The summed E-state index contributed by atoms with van der Waals surface area (Å²) in [4.78, 5) is 13.8. The second-order valence-corrected chi connectivity index (χ2v) is 6.11. The summed E-state index contributed by atoms with van der Waals surface area (Å²) in [6.45, 7) is 0.642. The van der Waals surface area contributed by atoms with Crippen LogP contribution in [0.15, 0.2) is 60.9 Å². The molecule has 1 heterocycles. The highest BCUT2D eigenvalue weighted by Crippen LogP contribution is 2.18. The van der Waals surface area contributed by atoms with Crippen molar-refractivity contribution in [1.82, 2.24) is 20.0 Å². The van der Waals surface area contributed by atoms with Gasteiger partial charge in [0.2, 0.25) is 0 Å². The molecule has 0 aliphatic rings. The summed E-state index contributed by atoms with van der Waals surface area (Å²) in [5.41, 5.74) is 2.52. The molecule has 2 aromatic carbocycles. The van der Waals surface area contributed by atoms with Crippen molar-refractivity contribution in [2.75, 3.05) is 14.2 Å². The van der Waals surface area contributed by atoms with Crippen LogP contribution in [-0.4, -0.2) is 34.9 Å². The molecule has 0 aliphatic carbocycles. The Morgan fingerprint density at radius 1 is 1.22 bits per heavy atom. The van der Waals surface area contributed by atoms with Gasteiger partial charge in [-0.3, -0.25) is 0 Å². The second kappa shape index (κ2) is 8.35. The minimum Gasteiger partial charge on any atom is -0.494 e. The summed E-state index contributed by atoms with van der Waals surface area (Å²) in [6.07, 6.45) is 3.58. The highest BCUT2D eigenvalue weighted by Gasteiger charge is 2.11. The highest BCUT2D eigenvalue weighted by molar-refractivity contribution is 5.73. The first-order valence-electron chi connectivity index (χ1n) is 8.47. The topological polar surface area (TPSA) is 59.4 Å². The van der Waals surface area contributed by atoms with Crippen molar-refractivity contribution < 1.29 is 13.9 Å². The van der Waals surface area contributed by atoms with E-state index < -0.39 is 5.82 Å². The largest absolute Gasteiger partial charge is 0.494 e. The molecule has 6 nitrogen and oxygen atoms in total. The number of methoxy groups -OCH3 is 1. The van der Waals surface area contributed by atoms with Crippen LogP contribution in [0.5, 0.6) is 5.75 Å². The lowest BCUT2D eigenvalue weighted by Gasteiger charge is -2.18. The Hall–Kier alpha value is -3.35. The molecule has 0 bridgehead atoms. The predicted molar refractivity (Wildman–Crippen MR) is 100 cm³/mol. The van der Waals surface area contributed by atoms with Gasteiger partial charge in [-0.1, -0.05) is 24.3 Å². The number of rotatable bonds is 6. The maximum absolute atomic E-state index is 13.8. The number of hydrogen-bond acceptors (Lipinski definition) is 3. The van der Waals surface area contributed by atoms with E-state index in [0.29, 0.717) is 12.1 Å². The van der Waals surface area contributed by atoms with Gasteiger partial charge >= 0.3 is 6.03 Å². The average molecular weight is 368 g/mol. The Morgan fingerprint density at radius 2 is 2.00 bits per heavy atom. The van der Waals surface area contributed by atoms with E-state index in [1.165, 1.54) is 18.1 Å². The lowest BCUT2D eigenvalue weighted by molar-refractivity contribution is 0.206. The minimum atomic E-state index is -0.447. The van der Waals surface area contributed by atoms with Crippen LogP contribution in [0.25, 0.3) is 5.69 Å². The van der Waals surface area contributed by atoms with E-state index in [4.69, 9.17) is 4.74 Å². The Kier molecular flexibility index (Phi) is 5.71. The third-order valence-corrected chi connectivity index (χ3v) is 4.08. The molecule has 1 N–H and O–H groups in total. The molecule has 0 saturated carbocycles. The zero-order chi connectivity index (χ0) is 19.2. The molecular weight excluding hydrogens is 347 g/mol. The molecule has 27 heavy (non-hydrogen) atoms. The van der Waals surface area contributed by atoms with Crippen LogP contribution in [-0.2, 0) is 13.1 Å². The van der Waals surface area contributed by atoms with Gasteiger partial charge in [0.25, 0.3) is 0 Å². The monoisotopic (exact) mass is 368 g/mol. The van der Waals surface area contributed by atoms with Gasteiger partial charge in [0.05, 0.1) is 19.0 Å². The predicted octanol–water partition coefficient (Wildman–Crippen LogP) is 3.36. The number of carbonyl (C=O) groups is 1. The maximum Gasteiger partial charge on any atom is 0.317 e. The Morgan fingerprint density at radius 3 is 2.70 bits per heavy atom. The molecule has 7 heteroatoms. The van der Waals surface area contributed by atoms with Crippen LogP contribution in [0.1, 0.15) is 11.1 Å². The Labute approximate surface area is 157 Å². The zero-order valence-corrected chi connectivity index (χ0v) is 15.2. The van der Waals surface area contributed by atoms with E-state index in [1.807, 2.05) is 36.5 Å². The van der Waals surface area contributed by atoms with Crippen LogP contribution in [0, 0.1) is 5.82 Å². The first-order chi connectivity index (χ1) is 13.1. The summed E-state index contributed by atoms with van der Waals surface area (Å²) >= 11 is 0. The van der Waals surface area contributed by atoms with Gasteiger partial charge in [-0.15, -0.1) is 0 Å². The highest BCUT2D eigenvalue weighted by atomic mass is 19.1. The van der Waals surface area contributed by atoms with Crippen molar-refractivity contribution in [3.63, 3.8) is 0 Å². The Balaban J connectivity index is 1.54. The number of para-hydroxylation sites is 1. The molecule has 0 spiro atoms. The number of hydrogen-bond donors (Lipinski definition) is 1. The first kappa shape index (κ1) is 18.4. The fourth-order valence-electron chi connectivity index (χ4n) is 2.64. The normalized spacial score (nSPS) is 10.5. The van der Waals surface area contributed by atoms with E-state index in [-0.39, 0.29) is 18.3 Å². The van der Waals surface area contributed by atoms with Gasteiger partial charge in [-0.25, -0.2) is 13.9 Å². The van der Waals surface area contributed by atoms with Crippen molar-refractivity contribution in [1.29, 1.82) is 0 Å². The standard InChI is InChI=1S/C20H21FN4O2/c1-24(13-15-8-9-19(27-2)18(21)10-15)20(26)22-11-16-12-23-25(14-16)17-6-4-3-5-7-17/h3-10,12,14H,11,13H2,1-2H3,(H,22,26). The lowest BCUT2D eigenvalue weighted by atomic mass is 10.2. The number of ether oxygens (including phenoxy) is 1. The van der Waals surface area contributed by atoms with Crippen LogP contribution in [0.3, 0.4) is 0 Å². The molecule has 0 fully saturated rings. The van der Waals surface area contributed by atoms with Gasteiger partial charge in [-0.05, 0) is 29.8 Å². The molecule has 0 atom stereocenters. The summed E-state index contributed by atoms with van der Waals surface area (Å²) < 4.78 is 20.4. The van der Waals surface area contributed by atoms with E-state index >= 15 is 0 Å². The van der Waals surface area contributed by atoms with Crippen molar-refractivity contribution in [2.45, 2.75) is 13.1 Å². The molecule has 0 unspecified atom stereocenters. The van der Waals surface area contributed by atoms with Gasteiger partial charge in [0.1, 0.15) is 0 Å². The maximum atomic E-state index is 13.8. The van der Waals surface area contributed by atoms with E-state index in [9.17, 15) is 9.18 Å². The lowest BCUT2D eigenvalue weighted by Crippen LogP contribution is -2.36. The molecule has 3 rings (SSSR count). The molecule has 0 saturated heterocycles. The number of nitrogens with one attached hydrogen (secondary N) is 1. The SMILES string of the molecule is COc1ccc(CN(C)C(=O)NCc2cnn(-c3ccccc3)c2)cc1F. The van der Waals surface area contributed by atoms with Gasteiger partial charge in [-0.2, -0.15) is 5.10 Å². The second-order valence-electron chi connectivity index (χ2n) is 6.11. The summed E-state index contributed by atoms with van der Waals surface area (Å²) in [5.74, 6) is -0.265. The molecule has 0 radical (unpaired) electrons. The molecule has 0 aliphatic heterocycles. The van der Waals surface area contributed by atoms with Crippen LogP contribution < -0.4 is 10.1 Å². The van der Waals surface area contributed by atoms with Gasteiger partial charge in [0, 0.05) is 31.9 Å². The molecule has 2 amide bonds. The first-order valence-corrected chi connectivity index (χ1v) is 8.47. The summed E-state index contributed by atoms with van der Waals surface area (Å²) in [5, 5.41) is 7.14. The number of carbonyl (C=O) groups excluding carboxylic acids is 1. The van der Waals surface area contributed by atoms with Gasteiger partial charge < -0.3 is 15.0 Å². The van der Waals surface area contributed by atoms with Gasteiger partial charge in [0.15, 0.2) is 11.6 Å². The third-order valence-electron chi connectivity index (χ3n) is 4.08. The number of halogens is 1. The molecular formula is C20H21FN4O2. The van der Waals surface area contributed by atoms with E-state index in [0.717, 1.165) is 11.3 Å². The van der Waals surface area contributed by atoms with Crippen molar-refractivity contribution >= 4 is 6.03 Å². The van der Waals surface area contributed by atoms with Crippen molar-refractivity contribution in [2.24, 2.45) is 0 Å². The zero-order valence-electron chi connectivity index (χ0n) is 15.2. The number of benzene rings is 2. The quantitative estimate of drug-likeness (QED) is 0.726. The minimum absolute atomic E-state index is 0.182. The molecule has 1 aromatic heterocycles. The molecule has 3 aromatic rings. The van der Waals surface area contributed by atoms with E-state index in [1.54, 1.807) is 30.1 Å². The van der Waals surface area contributed by atoms with Crippen LogP contribution >= 0.6 is 0 Å². The van der Waals surface area contributed by atoms with Crippen LogP contribution in [0.4, 0.5) is 9.18 Å². The third kappa shape index (κ3) is 4.63. The Bertz CT molecular complexity index is 911. The average Bonchev–Trinajstić information content (AvgIpc) is 3.16. The number of nitrogens with zero attached hydrogens (tertiary/aromatic N) is 3. The fourth-order valence-corrected chi connectivity index (χ4v) is 2.64. The van der Waals surface area contributed by atoms with Crippen molar-refractivity contribution in [3.8, 4) is 11.4 Å². The summed E-state index contributed by atoms with van der Waals surface area (Å²) in [7, 11) is 3.07. The van der Waals surface area contributed by atoms with E-state index in [2.05, 4.69) is 10.4 Å². The smallest absolute Gasteiger partial charge is 0.317 e. The van der Waals surface area contributed by atoms with Crippen LogP contribution in [0.2, 0.25) is 0 Å².